The predicted molar refractivity (Wildman–Crippen MR) is 93.6 cm³/mol. The Labute approximate surface area is 152 Å². The minimum absolute atomic E-state index is 0.0338. The van der Waals surface area contributed by atoms with Gasteiger partial charge in [0, 0.05) is 6.04 Å². The highest BCUT2D eigenvalue weighted by molar-refractivity contribution is 7.89. The van der Waals surface area contributed by atoms with Crippen LogP contribution in [0.25, 0.3) is 0 Å². The minimum atomic E-state index is -3.82. The van der Waals surface area contributed by atoms with E-state index in [1.807, 2.05) is 6.92 Å². The van der Waals surface area contributed by atoms with Gasteiger partial charge >= 0.3 is 5.97 Å². The van der Waals surface area contributed by atoms with E-state index in [4.69, 9.17) is 0 Å². The molecule has 0 heterocycles. The van der Waals surface area contributed by atoms with E-state index in [0.29, 0.717) is 0 Å². The number of ether oxygens (including phenoxy) is 1. The number of benzene rings is 1. The van der Waals surface area contributed by atoms with Gasteiger partial charge in [-0.2, -0.15) is 0 Å². The average molecular weight is 385 g/mol. The van der Waals surface area contributed by atoms with E-state index in [2.05, 4.69) is 20.1 Å². The lowest BCUT2D eigenvalue weighted by atomic mass is 10.2. The number of sulfonamides is 1. The summed E-state index contributed by atoms with van der Waals surface area (Å²) < 4.78 is 30.9. The van der Waals surface area contributed by atoms with Gasteiger partial charge < -0.3 is 15.4 Å². The van der Waals surface area contributed by atoms with Crippen molar-refractivity contribution in [2.24, 2.45) is 0 Å². The van der Waals surface area contributed by atoms with Crippen LogP contribution in [0.1, 0.15) is 19.4 Å². The third kappa shape index (κ3) is 8.08. The molecule has 1 aromatic rings. The van der Waals surface area contributed by atoms with Crippen molar-refractivity contribution in [1.29, 1.82) is 0 Å². The molecular weight excluding hydrogens is 362 g/mol. The second kappa shape index (κ2) is 9.88. The van der Waals surface area contributed by atoms with Crippen molar-refractivity contribution >= 4 is 27.8 Å². The van der Waals surface area contributed by atoms with Crippen LogP contribution >= 0.6 is 0 Å². The van der Waals surface area contributed by atoms with Gasteiger partial charge in [-0.1, -0.05) is 17.7 Å². The van der Waals surface area contributed by atoms with Gasteiger partial charge in [0.15, 0.2) is 6.61 Å². The first-order chi connectivity index (χ1) is 12.1. The average Bonchev–Trinajstić information content (AvgIpc) is 2.56. The molecule has 0 aliphatic rings. The fourth-order valence-electron chi connectivity index (χ4n) is 1.76. The molecule has 0 saturated heterocycles. The van der Waals surface area contributed by atoms with Crippen molar-refractivity contribution in [2.75, 3.05) is 19.7 Å². The molecule has 0 atom stereocenters. The lowest BCUT2D eigenvalue weighted by Gasteiger charge is -2.10. The zero-order valence-electron chi connectivity index (χ0n) is 14.9. The molecule has 1 rings (SSSR count). The predicted octanol–water partition coefficient (Wildman–Crippen LogP) is -0.543. The summed E-state index contributed by atoms with van der Waals surface area (Å²) in [5.74, 6) is -1.96. The number of hydrogen-bond donors (Lipinski definition) is 3. The van der Waals surface area contributed by atoms with E-state index < -0.39 is 47.5 Å². The molecule has 9 nitrogen and oxygen atoms in total. The minimum Gasteiger partial charge on any atom is -0.454 e. The summed E-state index contributed by atoms with van der Waals surface area (Å²) in [5, 5.41) is 4.75. The number of aryl methyl sites for hydroxylation is 1. The van der Waals surface area contributed by atoms with E-state index in [1.54, 1.807) is 26.0 Å². The van der Waals surface area contributed by atoms with Gasteiger partial charge in [-0.3, -0.25) is 14.4 Å². The topological polar surface area (TPSA) is 131 Å². The van der Waals surface area contributed by atoms with Gasteiger partial charge in [0.2, 0.25) is 15.9 Å². The van der Waals surface area contributed by atoms with E-state index in [1.165, 1.54) is 12.1 Å². The maximum atomic E-state index is 12.0. The van der Waals surface area contributed by atoms with Crippen molar-refractivity contribution < 1.29 is 27.5 Å². The maximum Gasteiger partial charge on any atom is 0.325 e. The smallest absolute Gasteiger partial charge is 0.325 e. The van der Waals surface area contributed by atoms with Crippen molar-refractivity contribution in [3.05, 3.63) is 29.8 Å². The van der Waals surface area contributed by atoms with Crippen molar-refractivity contribution in [1.82, 2.24) is 15.4 Å². The van der Waals surface area contributed by atoms with Crippen LogP contribution in [0.2, 0.25) is 0 Å². The van der Waals surface area contributed by atoms with Crippen molar-refractivity contribution in [3.63, 3.8) is 0 Å². The second-order valence-electron chi connectivity index (χ2n) is 5.80. The van der Waals surface area contributed by atoms with Crippen LogP contribution in [-0.4, -0.2) is 51.9 Å². The molecule has 0 aliphatic heterocycles. The van der Waals surface area contributed by atoms with Gasteiger partial charge in [-0.05, 0) is 32.9 Å². The first-order valence-corrected chi connectivity index (χ1v) is 9.36. The standard InChI is InChI=1S/C16H23N3O6S/c1-11(2)19-15(21)10-25-16(22)9-17-14(20)8-18-26(23,24)13-6-4-12(3)5-7-13/h4-7,11,18H,8-10H2,1-3H3,(H,17,20)(H,19,21). The van der Waals surface area contributed by atoms with Crippen LogP contribution < -0.4 is 15.4 Å². The van der Waals surface area contributed by atoms with Gasteiger partial charge in [0.1, 0.15) is 6.54 Å². The molecule has 1 aromatic carbocycles. The summed E-state index contributed by atoms with van der Waals surface area (Å²) in [6.45, 7) is 3.89. The van der Waals surface area contributed by atoms with E-state index in [-0.39, 0.29) is 10.9 Å². The molecule has 0 aromatic heterocycles. The summed E-state index contributed by atoms with van der Waals surface area (Å²) in [5.41, 5.74) is 0.905. The van der Waals surface area contributed by atoms with Gasteiger partial charge in [-0.25, -0.2) is 13.1 Å². The Morgan fingerprint density at radius 3 is 2.23 bits per heavy atom. The SMILES string of the molecule is Cc1ccc(S(=O)(=O)NCC(=O)NCC(=O)OCC(=O)NC(C)C)cc1. The van der Waals surface area contributed by atoms with Crippen LogP contribution in [0.15, 0.2) is 29.2 Å². The van der Waals surface area contributed by atoms with Gasteiger partial charge in [0.05, 0.1) is 11.4 Å². The number of rotatable bonds is 9. The Hall–Kier alpha value is -2.46. The zero-order chi connectivity index (χ0) is 19.7. The molecule has 2 amide bonds. The number of carbonyl (C=O) groups is 3. The molecule has 0 unspecified atom stereocenters. The van der Waals surface area contributed by atoms with E-state index in [0.717, 1.165) is 5.56 Å². The summed E-state index contributed by atoms with van der Waals surface area (Å²) in [7, 11) is -3.82. The molecule has 0 spiro atoms. The number of amides is 2. The molecular formula is C16H23N3O6S. The lowest BCUT2D eigenvalue weighted by molar-refractivity contribution is -0.148. The summed E-state index contributed by atoms with van der Waals surface area (Å²) in [6, 6.07) is 6.05. The molecule has 0 bridgehead atoms. The van der Waals surface area contributed by atoms with Crippen LogP contribution in [0, 0.1) is 6.92 Å². The third-order valence-electron chi connectivity index (χ3n) is 3.00. The van der Waals surface area contributed by atoms with Crippen LogP contribution in [0.4, 0.5) is 0 Å². The molecule has 144 valence electrons. The van der Waals surface area contributed by atoms with Crippen molar-refractivity contribution in [2.45, 2.75) is 31.7 Å². The Morgan fingerprint density at radius 1 is 1.04 bits per heavy atom. The maximum absolute atomic E-state index is 12.0. The van der Waals surface area contributed by atoms with Crippen molar-refractivity contribution in [3.8, 4) is 0 Å². The first-order valence-electron chi connectivity index (χ1n) is 7.88. The number of nitrogens with one attached hydrogen (secondary N) is 3. The zero-order valence-corrected chi connectivity index (χ0v) is 15.7. The van der Waals surface area contributed by atoms with E-state index in [9.17, 15) is 22.8 Å². The molecule has 10 heteroatoms. The highest BCUT2D eigenvalue weighted by Gasteiger charge is 2.16. The Balaban J connectivity index is 2.34. The second-order valence-corrected chi connectivity index (χ2v) is 7.56. The molecule has 3 N–H and O–H groups in total. The fraction of sp³-hybridized carbons (Fsp3) is 0.438. The summed E-state index contributed by atoms with van der Waals surface area (Å²) in [6.07, 6.45) is 0. The summed E-state index contributed by atoms with van der Waals surface area (Å²) in [4.78, 5) is 34.4. The molecule has 0 radical (unpaired) electrons. The largest absolute Gasteiger partial charge is 0.454 e. The molecule has 0 fully saturated rings. The quantitative estimate of drug-likeness (QED) is 0.489. The normalized spacial score (nSPS) is 11.1. The van der Waals surface area contributed by atoms with Gasteiger partial charge in [0.25, 0.3) is 5.91 Å². The van der Waals surface area contributed by atoms with Crippen LogP contribution in [0.5, 0.6) is 0 Å². The van der Waals surface area contributed by atoms with Gasteiger partial charge in [-0.15, -0.1) is 0 Å². The Morgan fingerprint density at radius 2 is 1.65 bits per heavy atom. The Kier molecular flexibility index (Phi) is 8.20. The summed E-state index contributed by atoms with van der Waals surface area (Å²) >= 11 is 0. The molecule has 0 saturated carbocycles. The highest BCUT2D eigenvalue weighted by atomic mass is 32.2. The monoisotopic (exact) mass is 385 g/mol. The molecule has 0 aliphatic carbocycles. The fourth-order valence-corrected chi connectivity index (χ4v) is 2.74. The lowest BCUT2D eigenvalue weighted by Crippen LogP contribution is -2.40. The first kappa shape index (κ1) is 21.6. The van der Waals surface area contributed by atoms with Crippen LogP contribution in [0.3, 0.4) is 0 Å². The number of hydrogen-bond acceptors (Lipinski definition) is 6. The highest BCUT2D eigenvalue weighted by Crippen LogP contribution is 2.09. The van der Waals surface area contributed by atoms with E-state index >= 15 is 0 Å². The van der Waals surface area contributed by atoms with Crippen LogP contribution in [-0.2, 0) is 29.1 Å². The Bertz CT molecular complexity index is 744. The number of carbonyl (C=O) groups excluding carboxylic acids is 3. The third-order valence-corrected chi connectivity index (χ3v) is 4.41. The number of esters is 1. The molecule has 26 heavy (non-hydrogen) atoms.